The molecule has 0 atom stereocenters. The van der Waals surface area contributed by atoms with Gasteiger partial charge in [0, 0.05) is 53.0 Å². The average molecular weight is 369 g/mol. The van der Waals surface area contributed by atoms with E-state index in [1.54, 1.807) is 22.9 Å². The van der Waals surface area contributed by atoms with E-state index in [0.29, 0.717) is 11.5 Å². The smallest absolute Gasteiger partial charge is 0.259 e. The van der Waals surface area contributed by atoms with Gasteiger partial charge in [0.05, 0.1) is 5.69 Å². The van der Waals surface area contributed by atoms with Crippen LogP contribution < -0.4 is 5.56 Å². The molecule has 0 bridgehead atoms. The molecule has 0 saturated carbocycles. The summed E-state index contributed by atoms with van der Waals surface area (Å²) >= 11 is 0. The number of aromatic amines is 2. The van der Waals surface area contributed by atoms with E-state index in [9.17, 15) is 4.79 Å². The number of imidazole rings is 1. The molecule has 0 saturated heterocycles. The predicted octanol–water partition coefficient (Wildman–Crippen LogP) is 3.74. The molecule has 0 aliphatic carbocycles. The van der Waals surface area contributed by atoms with Crippen LogP contribution in [0.4, 0.5) is 0 Å². The van der Waals surface area contributed by atoms with Gasteiger partial charge in [-0.15, -0.1) is 0 Å². The second kappa shape index (κ2) is 6.81. The summed E-state index contributed by atoms with van der Waals surface area (Å²) in [5.41, 5.74) is 4.95. The molecule has 6 heteroatoms. The number of pyridine rings is 1. The van der Waals surface area contributed by atoms with Gasteiger partial charge in [0.1, 0.15) is 0 Å². The molecule has 1 aromatic carbocycles. The Morgan fingerprint density at radius 1 is 1.04 bits per heavy atom. The second-order valence-electron chi connectivity index (χ2n) is 6.90. The maximum absolute atomic E-state index is 12.5. The van der Waals surface area contributed by atoms with Crippen molar-refractivity contribution in [1.82, 2.24) is 24.3 Å². The number of aryl methyl sites for hydroxylation is 2. The first-order valence-corrected chi connectivity index (χ1v) is 9.34. The number of rotatable bonds is 5. The summed E-state index contributed by atoms with van der Waals surface area (Å²) in [6.07, 6.45) is 10.2. The van der Waals surface area contributed by atoms with Crippen molar-refractivity contribution >= 4 is 16.7 Å². The molecule has 0 aliphatic heterocycles. The average Bonchev–Trinajstić information content (AvgIpc) is 3.33. The summed E-state index contributed by atoms with van der Waals surface area (Å²) in [4.78, 5) is 27.7. The third-order valence-corrected chi connectivity index (χ3v) is 5.05. The highest BCUT2D eigenvalue weighted by molar-refractivity contribution is 5.83. The van der Waals surface area contributed by atoms with E-state index in [-0.39, 0.29) is 5.56 Å². The van der Waals surface area contributed by atoms with Crippen molar-refractivity contribution in [3.8, 4) is 11.3 Å². The molecule has 28 heavy (non-hydrogen) atoms. The quantitative estimate of drug-likeness (QED) is 0.495. The summed E-state index contributed by atoms with van der Waals surface area (Å²) in [7, 11) is 0. The van der Waals surface area contributed by atoms with Gasteiger partial charge in [-0.05, 0) is 43.0 Å². The number of hydrogen-bond acceptors (Lipinski definition) is 3. The summed E-state index contributed by atoms with van der Waals surface area (Å²) in [6, 6.07) is 13.6. The Hall–Kier alpha value is -3.67. The predicted molar refractivity (Wildman–Crippen MR) is 109 cm³/mol. The minimum Gasteiger partial charge on any atom is -0.361 e. The maximum atomic E-state index is 12.5. The van der Waals surface area contributed by atoms with Gasteiger partial charge < -0.3 is 9.97 Å². The maximum Gasteiger partial charge on any atom is 0.259 e. The van der Waals surface area contributed by atoms with E-state index in [2.05, 4.69) is 44.3 Å². The Bertz CT molecular complexity index is 1310. The summed E-state index contributed by atoms with van der Waals surface area (Å²) < 4.78 is 1.58. The SMILES string of the molecule is O=c1cc(-c2ccncc2)nc2[nH]c(CCCc3c[nH]c4ccccc34)cn12. The van der Waals surface area contributed by atoms with Gasteiger partial charge in [-0.2, -0.15) is 0 Å². The number of benzene rings is 1. The minimum atomic E-state index is -0.0871. The zero-order valence-electron chi connectivity index (χ0n) is 15.2. The van der Waals surface area contributed by atoms with Crippen molar-refractivity contribution < 1.29 is 0 Å². The highest BCUT2D eigenvalue weighted by atomic mass is 16.1. The van der Waals surface area contributed by atoms with E-state index in [1.807, 2.05) is 24.4 Å². The van der Waals surface area contributed by atoms with Gasteiger partial charge >= 0.3 is 0 Å². The molecule has 4 aromatic heterocycles. The van der Waals surface area contributed by atoms with Crippen LogP contribution in [0.1, 0.15) is 17.7 Å². The molecule has 0 fully saturated rings. The normalized spacial score (nSPS) is 11.4. The van der Waals surface area contributed by atoms with Crippen molar-refractivity contribution in [1.29, 1.82) is 0 Å². The van der Waals surface area contributed by atoms with Crippen LogP contribution in [0.5, 0.6) is 0 Å². The zero-order chi connectivity index (χ0) is 18.9. The highest BCUT2D eigenvalue weighted by Gasteiger charge is 2.09. The summed E-state index contributed by atoms with van der Waals surface area (Å²) in [5, 5.41) is 1.28. The molecule has 0 amide bonds. The van der Waals surface area contributed by atoms with Crippen molar-refractivity contribution in [2.45, 2.75) is 19.3 Å². The van der Waals surface area contributed by atoms with Gasteiger partial charge in [0.15, 0.2) is 0 Å². The zero-order valence-corrected chi connectivity index (χ0v) is 15.2. The van der Waals surface area contributed by atoms with Gasteiger partial charge in [0.25, 0.3) is 5.56 Å². The van der Waals surface area contributed by atoms with Crippen LogP contribution >= 0.6 is 0 Å². The molecule has 0 aliphatic rings. The van der Waals surface area contributed by atoms with Crippen LogP contribution in [0.2, 0.25) is 0 Å². The molecule has 5 aromatic rings. The number of H-pyrrole nitrogens is 2. The van der Waals surface area contributed by atoms with Crippen molar-refractivity contribution in [3.05, 3.63) is 88.9 Å². The lowest BCUT2D eigenvalue weighted by Crippen LogP contribution is -2.12. The Balaban J connectivity index is 1.36. The third kappa shape index (κ3) is 2.99. The number of aromatic nitrogens is 5. The Kier molecular flexibility index (Phi) is 4.01. The molecule has 2 N–H and O–H groups in total. The molecule has 138 valence electrons. The Morgan fingerprint density at radius 2 is 1.89 bits per heavy atom. The molecule has 0 radical (unpaired) electrons. The second-order valence-corrected chi connectivity index (χ2v) is 6.90. The third-order valence-electron chi connectivity index (χ3n) is 5.05. The largest absolute Gasteiger partial charge is 0.361 e. The van der Waals surface area contributed by atoms with Gasteiger partial charge in [0.2, 0.25) is 5.78 Å². The molecule has 0 spiro atoms. The van der Waals surface area contributed by atoms with Gasteiger partial charge in [-0.3, -0.25) is 14.2 Å². The lowest BCUT2D eigenvalue weighted by molar-refractivity contribution is 0.808. The van der Waals surface area contributed by atoms with Crippen molar-refractivity contribution in [2.24, 2.45) is 0 Å². The Labute approximate surface area is 160 Å². The van der Waals surface area contributed by atoms with Crippen LogP contribution in [0.3, 0.4) is 0 Å². The number of hydrogen-bond donors (Lipinski definition) is 2. The number of fused-ring (bicyclic) bond motifs is 2. The monoisotopic (exact) mass is 369 g/mol. The summed E-state index contributed by atoms with van der Waals surface area (Å²) in [6.45, 7) is 0. The van der Waals surface area contributed by atoms with Gasteiger partial charge in [-0.1, -0.05) is 18.2 Å². The topological polar surface area (TPSA) is 78.8 Å². The van der Waals surface area contributed by atoms with E-state index >= 15 is 0 Å². The fraction of sp³-hybridized carbons (Fsp3) is 0.136. The summed E-state index contributed by atoms with van der Waals surface area (Å²) in [5.74, 6) is 0.571. The van der Waals surface area contributed by atoms with E-state index < -0.39 is 0 Å². The first-order valence-electron chi connectivity index (χ1n) is 9.34. The van der Waals surface area contributed by atoms with Crippen LogP contribution in [0.25, 0.3) is 27.9 Å². The van der Waals surface area contributed by atoms with E-state index in [1.165, 1.54) is 16.5 Å². The molecular formula is C22H19N5O. The van der Waals surface area contributed by atoms with Gasteiger partial charge in [-0.25, -0.2) is 4.98 Å². The van der Waals surface area contributed by atoms with E-state index in [0.717, 1.165) is 30.5 Å². The minimum absolute atomic E-state index is 0.0871. The van der Waals surface area contributed by atoms with Crippen LogP contribution in [0, 0.1) is 0 Å². The molecular weight excluding hydrogens is 350 g/mol. The fourth-order valence-electron chi connectivity index (χ4n) is 3.64. The lowest BCUT2D eigenvalue weighted by Gasteiger charge is -1.99. The van der Waals surface area contributed by atoms with Crippen LogP contribution in [-0.4, -0.2) is 24.3 Å². The molecule has 5 rings (SSSR count). The van der Waals surface area contributed by atoms with Crippen molar-refractivity contribution in [2.75, 3.05) is 0 Å². The van der Waals surface area contributed by atoms with Crippen LogP contribution in [0.15, 0.2) is 72.0 Å². The van der Waals surface area contributed by atoms with Crippen molar-refractivity contribution in [3.63, 3.8) is 0 Å². The van der Waals surface area contributed by atoms with E-state index in [4.69, 9.17) is 0 Å². The first-order chi connectivity index (χ1) is 13.8. The molecule has 6 nitrogen and oxygen atoms in total. The highest BCUT2D eigenvalue weighted by Crippen LogP contribution is 2.20. The Morgan fingerprint density at radius 3 is 2.79 bits per heavy atom. The standard InChI is InChI=1S/C22H19N5O/c28-21-12-20(15-8-10-23-11-9-15)26-22-25-17(14-27(21)22)5-3-4-16-13-24-19-7-2-1-6-18(16)19/h1-2,6-14,24H,3-5H2,(H,25,26). The van der Waals surface area contributed by atoms with Crippen LogP contribution in [-0.2, 0) is 12.8 Å². The fourth-order valence-corrected chi connectivity index (χ4v) is 3.64. The number of nitrogens with one attached hydrogen (secondary N) is 2. The first kappa shape index (κ1) is 16.5. The lowest BCUT2D eigenvalue weighted by atomic mass is 10.1. The number of nitrogens with zero attached hydrogens (tertiary/aromatic N) is 3. The molecule has 4 heterocycles. The molecule has 0 unspecified atom stereocenters. The number of para-hydroxylation sites is 1.